The van der Waals surface area contributed by atoms with Gasteiger partial charge in [0.05, 0.1) is 13.2 Å². The molecule has 4 aliphatic rings. The molecule has 1 amide bonds. The van der Waals surface area contributed by atoms with Gasteiger partial charge in [0.15, 0.2) is 0 Å². The lowest BCUT2D eigenvalue weighted by Gasteiger charge is -2.58. The number of nitrogens with zero attached hydrogens (tertiary/aromatic N) is 1. The molecule has 4 aliphatic carbocycles. The largest absolute Gasteiger partial charge is 0.393 e. The molecule has 0 spiro atoms. The van der Waals surface area contributed by atoms with Crippen LogP contribution in [-0.4, -0.2) is 36.3 Å². The van der Waals surface area contributed by atoms with E-state index >= 15 is 0 Å². The first-order valence-electron chi connectivity index (χ1n) is 12.4. The van der Waals surface area contributed by atoms with Gasteiger partial charge in [-0.25, -0.2) is 5.06 Å². The molecular weight excluding hydrogens is 374 g/mol. The molecule has 7 unspecified atom stereocenters. The molecule has 30 heavy (non-hydrogen) atoms. The number of aliphatic hydroxyl groups excluding tert-OH is 1. The number of fused-ring (bicyclic) bond motifs is 5. The van der Waals surface area contributed by atoms with Gasteiger partial charge in [-0.05, 0) is 98.2 Å². The minimum absolute atomic E-state index is 0.0881. The Morgan fingerprint density at radius 2 is 2.00 bits per heavy atom. The highest BCUT2D eigenvalue weighted by Crippen LogP contribution is 2.67. The third-order valence-electron chi connectivity index (χ3n) is 10.3. The summed E-state index contributed by atoms with van der Waals surface area (Å²) in [4.78, 5) is 17.3. The van der Waals surface area contributed by atoms with Gasteiger partial charge in [0.2, 0.25) is 5.91 Å². The summed E-state index contributed by atoms with van der Waals surface area (Å²) in [5.41, 5.74) is 2.31. The van der Waals surface area contributed by atoms with E-state index in [1.54, 1.807) is 19.7 Å². The molecule has 3 saturated carbocycles. The predicted molar refractivity (Wildman–Crippen MR) is 119 cm³/mol. The summed E-state index contributed by atoms with van der Waals surface area (Å²) in [5, 5.41) is 11.6. The van der Waals surface area contributed by atoms with E-state index in [9.17, 15) is 9.90 Å². The van der Waals surface area contributed by atoms with Gasteiger partial charge in [0, 0.05) is 13.5 Å². The van der Waals surface area contributed by atoms with Crippen molar-refractivity contribution in [1.29, 1.82) is 0 Å². The summed E-state index contributed by atoms with van der Waals surface area (Å²) in [6.45, 7) is 7.47. The zero-order valence-electron chi connectivity index (χ0n) is 19.8. The molecule has 0 radical (unpaired) electrons. The van der Waals surface area contributed by atoms with Crippen molar-refractivity contribution >= 4 is 5.91 Å². The lowest BCUT2D eigenvalue weighted by Crippen LogP contribution is -2.50. The quantitative estimate of drug-likeness (QED) is 0.484. The van der Waals surface area contributed by atoms with Crippen LogP contribution in [0.1, 0.15) is 85.0 Å². The highest BCUT2D eigenvalue weighted by atomic mass is 16.7. The lowest BCUT2D eigenvalue weighted by atomic mass is 9.47. The smallest absolute Gasteiger partial charge is 0.245 e. The molecule has 8 atom stereocenters. The van der Waals surface area contributed by atoms with Crippen molar-refractivity contribution in [2.75, 3.05) is 14.2 Å². The average Bonchev–Trinajstić information content (AvgIpc) is 3.09. The van der Waals surface area contributed by atoms with Gasteiger partial charge < -0.3 is 5.11 Å². The van der Waals surface area contributed by atoms with Crippen LogP contribution in [0, 0.1) is 40.4 Å². The van der Waals surface area contributed by atoms with Gasteiger partial charge in [-0.1, -0.05) is 32.4 Å². The number of rotatable bonds is 5. The fraction of sp³-hybridized carbons (Fsp3) is 0.885. The summed E-state index contributed by atoms with van der Waals surface area (Å²) >= 11 is 0. The summed E-state index contributed by atoms with van der Waals surface area (Å²) in [5.74, 6) is 3.84. The third kappa shape index (κ3) is 3.56. The Balaban J connectivity index is 1.47. The van der Waals surface area contributed by atoms with Crippen LogP contribution >= 0.6 is 0 Å². The number of hydrogen-bond donors (Lipinski definition) is 1. The summed E-state index contributed by atoms with van der Waals surface area (Å²) in [6.07, 6.45) is 13.6. The van der Waals surface area contributed by atoms with Crippen molar-refractivity contribution in [3.63, 3.8) is 0 Å². The number of carbonyl (C=O) groups is 1. The SMILES string of the molecule is CON(C)C(=O)CC[C@@H](C)C1CCC2C3CC=C4CC(O)CCC4(C)C3CCC21C. The van der Waals surface area contributed by atoms with E-state index in [2.05, 4.69) is 26.8 Å². The number of hydroxylamine groups is 2. The second-order valence-electron chi connectivity index (χ2n) is 11.5. The predicted octanol–water partition coefficient (Wildman–Crippen LogP) is 5.36. The Kier molecular flexibility index (Phi) is 6.13. The monoisotopic (exact) mass is 417 g/mol. The summed E-state index contributed by atoms with van der Waals surface area (Å²) < 4.78 is 0. The van der Waals surface area contributed by atoms with Gasteiger partial charge >= 0.3 is 0 Å². The van der Waals surface area contributed by atoms with Crippen LogP contribution in [0.25, 0.3) is 0 Å². The molecule has 4 heteroatoms. The van der Waals surface area contributed by atoms with E-state index in [0.29, 0.717) is 23.2 Å². The van der Waals surface area contributed by atoms with Crippen molar-refractivity contribution in [2.45, 2.75) is 91.1 Å². The second-order valence-corrected chi connectivity index (χ2v) is 11.5. The average molecular weight is 418 g/mol. The van der Waals surface area contributed by atoms with Crippen LogP contribution in [0.4, 0.5) is 0 Å². The highest BCUT2D eigenvalue weighted by molar-refractivity contribution is 5.74. The fourth-order valence-electron chi connectivity index (χ4n) is 8.43. The number of allylic oxidation sites excluding steroid dienone is 1. The van der Waals surface area contributed by atoms with E-state index < -0.39 is 0 Å². The van der Waals surface area contributed by atoms with Crippen LogP contribution < -0.4 is 0 Å². The van der Waals surface area contributed by atoms with Crippen molar-refractivity contribution < 1.29 is 14.7 Å². The van der Waals surface area contributed by atoms with Gasteiger partial charge in [0.25, 0.3) is 0 Å². The Morgan fingerprint density at radius 1 is 1.23 bits per heavy atom. The molecule has 0 aromatic carbocycles. The van der Waals surface area contributed by atoms with Crippen molar-refractivity contribution in [2.24, 2.45) is 40.4 Å². The molecule has 0 aromatic heterocycles. The molecule has 4 nitrogen and oxygen atoms in total. The van der Waals surface area contributed by atoms with E-state index in [1.165, 1.54) is 43.6 Å². The maximum absolute atomic E-state index is 12.2. The van der Waals surface area contributed by atoms with E-state index in [1.807, 2.05) is 0 Å². The van der Waals surface area contributed by atoms with Gasteiger partial charge in [-0.2, -0.15) is 0 Å². The number of hydrogen-bond acceptors (Lipinski definition) is 3. The third-order valence-corrected chi connectivity index (χ3v) is 10.3. The zero-order chi connectivity index (χ0) is 21.7. The molecule has 0 saturated heterocycles. The van der Waals surface area contributed by atoms with Crippen LogP contribution in [0.15, 0.2) is 11.6 Å². The Hall–Kier alpha value is -0.870. The van der Waals surface area contributed by atoms with Gasteiger partial charge in [-0.15, -0.1) is 0 Å². The van der Waals surface area contributed by atoms with Crippen molar-refractivity contribution in [3.8, 4) is 0 Å². The Labute approximate surface area is 183 Å². The summed E-state index contributed by atoms with van der Waals surface area (Å²) in [7, 11) is 3.26. The van der Waals surface area contributed by atoms with Crippen molar-refractivity contribution in [1.82, 2.24) is 5.06 Å². The molecule has 1 N–H and O–H groups in total. The minimum atomic E-state index is -0.119. The fourth-order valence-corrected chi connectivity index (χ4v) is 8.43. The van der Waals surface area contributed by atoms with Crippen molar-refractivity contribution in [3.05, 3.63) is 11.6 Å². The molecular formula is C26H43NO3. The first kappa shape index (κ1) is 22.3. The molecule has 0 heterocycles. The highest BCUT2D eigenvalue weighted by Gasteiger charge is 2.59. The molecule has 4 rings (SSSR count). The van der Waals surface area contributed by atoms with E-state index in [4.69, 9.17) is 4.84 Å². The molecule has 0 aromatic rings. The second kappa shape index (κ2) is 8.24. The molecule has 3 fully saturated rings. The number of carbonyl (C=O) groups excluding carboxylic acids is 1. The van der Waals surface area contributed by atoms with Crippen LogP contribution in [0.5, 0.6) is 0 Å². The number of aliphatic hydroxyl groups is 1. The molecule has 0 aliphatic heterocycles. The number of amides is 1. The maximum atomic E-state index is 12.2. The zero-order valence-corrected chi connectivity index (χ0v) is 19.8. The minimum Gasteiger partial charge on any atom is -0.393 e. The molecule has 170 valence electrons. The van der Waals surface area contributed by atoms with E-state index in [0.717, 1.165) is 42.9 Å². The van der Waals surface area contributed by atoms with Gasteiger partial charge in [0.1, 0.15) is 0 Å². The molecule has 0 bridgehead atoms. The van der Waals surface area contributed by atoms with Crippen LogP contribution in [0.3, 0.4) is 0 Å². The lowest BCUT2D eigenvalue weighted by molar-refractivity contribution is -0.169. The van der Waals surface area contributed by atoms with Gasteiger partial charge in [-0.3, -0.25) is 9.63 Å². The van der Waals surface area contributed by atoms with E-state index in [-0.39, 0.29) is 12.0 Å². The Morgan fingerprint density at radius 3 is 2.73 bits per heavy atom. The summed E-state index contributed by atoms with van der Waals surface area (Å²) in [6, 6.07) is 0. The standard InChI is InChI=1S/C26H43NO3/c1-17(6-11-24(29)27(4)30-5)21-9-10-22-20-8-7-18-16-19(28)12-14-25(18,2)23(20)13-15-26(21,22)3/h7,17,19-23,28H,6,8-16H2,1-5H3/t17-,19?,20?,21?,22?,23?,25?,26?/m1/s1. The van der Waals surface area contributed by atoms with Crippen LogP contribution in [-0.2, 0) is 9.63 Å². The maximum Gasteiger partial charge on any atom is 0.245 e. The van der Waals surface area contributed by atoms with Crippen LogP contribution in [0.2, 0.25) is 0 Å². The Bertz CT molecular complexity index is 690. The first-order valence-corrected chi connectivity index (χ1v) is 12.4. The normalized spacial score (nSPS) is 43.8. The topological polar surface area (TPSA) is 49.8 Å². The first-order chi connectivity index (χ1) is 14.2.